The molecule has 1 aliphatic carbocycles. The van der Waals surface area contributed by atoms with Gasteiger partial charge >= 0.3 is 5.97 Å². The van der Waals surface area contributed by atoms with E-state index in [0.29, 0.717) is 5.76 Å². The Balaban J connectivity index is 1.98. The lowest BCUT2D eigenvalue weighted by Gasteiger charge is -2.02. The van der Waals surface area contributed by atoms with E-state index in [1.165, 1.54) is 0 Å². The highest BCUT2D eigenvalue weighted by Crippen LogP contribution is 2.32. The molecule has 2 aliphatic rings. The summed E-state index contributed by atoms with van der Waals surface area (Å²) in [6, 6.07) is 1.99. The minimum Gasteiger partial charge on any atom is -0.423 e. The molecule has 1 aromatic rings. The third-order valence-electron chi connectivity index (χ3n) is 2.67. The van der Waals surface area contributed by atoms with Crippen LogP contribution in [0.3, 0.4) is 0 Å². The standard InChI is InChI=1S/C14H10O2S/c15-14-8-12(11-5-6-17-9-11)13(16-14)7-10-3-1-2-4-10/h1,3-9H,2H2/b13-7-. The van der Waals surface area contributed by atoms with Crippen LogP contribution in [0.4, 0.5) is 0 Å². The lowest BCUT2D eigenvalue weighted by atomic mass is 10.1. The molecule has 0 radical (unpaired) electrons. The van der Waals surface area contributed by atoms with Crippen LogP contribution >= 0.6 is 11.3 Å². The van der Waals surface area contributed by atoms with Crippen molar-refractivity contribution in [2.75, 3.05) is 0 Å². The summed E-state index contributed by atoms with van der Waals surface area (Å²) in [5.74, 6) is 0.353. The van der Waals surface area contributed by atoms with Gasteiger partial charge in [-0.3, -0.25) is 0 Å². The average molecular weight is 242 g/mol. The van der Waals surface area contributed by atoms with E-state index >= 15 is 0 Å². The summed E-state index contributed by atoms with van der Waals surface area (Å²) in [6.45, 7) is 0. The zero-order chi connectivity index (χ0) is 11.7. The van der Waals surface area contributed by atoms with E-state index in [9.17, 15) is 4.79 Å². The number of carbonyl (C=O) groups is 1. The highest BCUT2D eigenvalue weighted by atomic mass is 32.1. The third kappa shape index (κ3) is 2.01. The van der Waals surface area contributed by atoms with E-state index in [4.69, 9.17) is 4.74 Å². The number of allylic oxidation sites excluding steroid dienone is 6. The first-order valence-electron chi connectivity index (χ1n) is 5.38. The van der Waals surface area contributed by atoms with Crippen LogP contribution in [0.1, 0.15) is 12.0 Å². The quantitative estimate of drug-likeness (QED) is 0.742. The Morgan fingerprint density at radius 1 is 1.41 bits per heavy atom. The molecule has 2 heterocycles. The molecule has 17 heavy (non-hydrogen) atoms. The van der Waals surface area contributed by atoms with Crippen molar-refractivity contribution in [3.8, 4) is 0 Å². The highest BCUT2D eigenvalue weighted by Gasteiger charge is 2.21. The van der Waals surface area contributed by atoms with Crippen molar-refractivity contribution in [3.63, 3.8) is 0 Å². The largest absolute Gasteiger partial charge is 0.423 e. The monoisotopic (exact) mass is 242 g/mol. The van der Waals surface area contributed by atoms with Crippen LogP contribution in [0, 0.1) is 0 Å². The maximum atomic E-state index is 11.4. The van der Waals surface area contributed by atoms with Crippen LogP contribution in [0.25, 0.3) is 5.57 Å². The summed E-state index contributed by atoms with van der Waals surface area (Å²) >= 11 is 1.61. The molecule has 0 bridgehead atoms. The molecule has 0 atom stereocenters. The van der Waals surface area contributed by atoms with E-state index in [-0.39, 0.29) is 5.97 Å². The van der Waals surface area contributed by atoms with E-state index in [2.05, 4.69) is 12.2 Å². The molecule has 0 saturated heterocycles. The molecule has 3 rings (SSSR count). The number of ether oxygens (including phenoxy) is 1. The maximum absolute atomic E-state index is 11.4. The Morgan fingerprint density at radius 3 is 3.06 bits per heavy atom. The minimum atomic E-state index is -0.292. The van der Waals surface area contributed by atoms with E-state index in [1.54, 1.807) is 17.4 Å². The van der Waals surface area contributed by atoms with Crippen LogP contribution in [0.2, 0.25) is 0 Å². The summed E-state index contributed by atoms with van der Waals surface area (Å²) in [5, 5.41) is 4.01. The van der Waals surface area contributed by atoms with E-state index in [1.807, 2.05) is 29.0 Å². The number of carbonyl (C=O) groups excluding carboxylic acids is 1. The first-order chi connectivity index (χ1) is 8.33. The van der Waals surface area contributed by atoms with Crippen molar-refractivity contribution in [1.29, 1.82) is 0 Å². The highest BCUT2D eigenvalue weighted by molar-refractivity contribution is 7.08. The lowest BCUT2D eigenvalue weighted by Crippen LogP contribution is -1.91. The van der Waals surface area contributed by atoms with Crippen molar-refractivity contribution < 1.29 is 9.53 Å². The van der Waals surface area contributed by atoms with Crippen LogP contribution in [0.5, 0.6) is 0 Å². The van der Waals surface area contributed by atoms with Crippen molar-refractivity contribution in [2.24, 2.45) is 0 Å². The van der Waals surface area contributed by atoms with Gasteiger partial charge in [0.1, 0.15) is 5.76 Å². The fourth-order valence-electron chi connectivity index (χ4n) is 1.87. The smallest absolute Gasteiger partial charge is 0.336 e. The van der Waals surface area contributed by atoms with Crippen molar-refractivity contribution in [1.82, 2.24) is 0 Å². The summed E-state index contributed by atoms with van der Waals surface area (Å²) in [5.41, 5.74) is 3.00. The zero-order valence-electron chi connectivity index (χ0n) is 9.05. The molecule has 0 fully saturated rings. The topological polar surface area (TPSA) is 26.3 Å². The average Bonchev–Trinajstić information content (AvgIpc) is 3.00. The molecule has 0 N–H and O–H groups in total. The normalized spacial score (nSPS) is 20.7. The van der Waals surface area contributed by atoms with Gasteiger partial charge in [0.25, 0.3) is 0 Å². The Bertz CT molecular complexity index is 571. The SMILES string of the molecule is O=C1C=C(c2ccsc2)/C(=C/C2=CCC=C2)O1. The molecule has 0 spiro atoms. The van der Waals surface area contributed by atoms with Crippen LogP contribution in [-0.2, 0) is 9.53 Å². The van der Waals surface area contributed by atoms with E-state index in [0.717, 1.165) is 23.1 Å². The number of esters is 1. The molecule has 1 aliphatic heterocycles. The van der Waals surface area contributed by atoms with Gasteiger partial charge in [-0.25, -0.2) is 4.79 Å². The molecule has 0 aromatic carbocycles. The minimum absolute atomic E-state index is 0.292. The van der Waals surface area contributed by atoms with Gasteiger partial charge in [0.15, 0.2) is 0 Å². The van der Waals surface area contributed by atoms with Crippen LogP contribution in [0.15, 0.2) is 58.5 Å². The Labute approximate surface area is 103 Å². The molecule has 1 aromatic heterocycles. The number of hydrogen-bond donors (Lipinski definition) is 0. The molecular weight excluding hydrogens is 232 g/mol. The maximum Gasteiger partial charge on any atom is 0.336 e. The van der Waals surface area contributed by atoms with Gasteiger partial charge in [-0.2, -0.15) is 11.3 Å². The number of rotatable bonds is 2. The second kappa shape index (κ2) is 4.18. The fraction of sp³-hybridized carbons (Fsp3) is 0.0714. The van der Waals surface area contributed by atoms with Gasteiger partial charge < -0.3 is 4.74 Å². The van der Waals surface area contributed by atoms with Gasteiger partial charge in [-0.15, -0.1) is 0 Å². The zero-order valence-corrected chi connectivity index (χ0v) is 9.87. The van der Waals surface area contributed by atoms with Crippen LogP contribution in [-0.4, -0.2) is 5.97 Å². The summed E-state index contributed by atoms with van der Waals surface area (Å²) < 4.78 is 5.22. The fourth-order valence-corrected chi connectivity index (χ4v) is 2.52. The molecular formula is C14H10O2S. The van der Waals surface area contributed by atoms with Crippen molar-refractivity contribution in [2.45, 2.75) is 6.42 Å². The number of thiophene rings is 1. The van der Waals surface area contributed by atoms with Gasteiger partial charge in [0.2, 0.25) is 0 Å². The lowest BCUT2D eigenvalue weighted by molar-refractivity contribution is -0.132. The third-order valence-corrected chi connectivity index (χ3v) is 3.35. The molecule has 3 heteroatoms. The Kier molecular flexibility index (Phi) is 2.53. The molecule has 0 unspecified atom stereocenters. The summed E-state index contributed by atoms with van der Waals surface area (Å²) in [4.78, 5) is 11.4. The summed E-state index contributed by atoms with van der Waals surface area (Å²) in [7, 11) is 0. The molecule has 84 valence electrons. The predicted octanol–water partition coefficient (Wildman–Crippen LogP) is 3.46. The summed E-state index contributed by atoms with van der Waals surface area (Å²) in [6.07, 6.45) is 10.6. The molecule has 2 nitrogen and oxygen atoms in total. The van der Waals surface area contributed by atoms with Gasteiger partial charge in [0.05, 0.1) is 0 Å². The van der Waals surface area contributed by atoms with Gasteiger partial charge in [0, 0.05) is 11.6 Å². The molecule has 0 amide bonds. The predicted molar refractivity (Wildman–Crippen MR) is 68.3 cm³/mol. The second-order valence-corrected chi connectivity index (χ2v) is 4.62. The first kappa shape index (κ1) is 10.3. The first-order valence-corrected chi connectivity index (χ1v) is 6.32. The number of hydrogen-bond acceptors (Lipinski definition) is 3. The van der Waals surface area contributed by atoms with Gasteiger partial charge in [-0.1, -0.05) is 18.2 Å². The van der Waals surface area contributed by atoms with Gasteiger partial charge in [-0.05, 0) is 40.5 Å². The number of cyclic esters (lactones) is 1. The van der Waals surface area contributed by atoms with Crippen LogP contribution < -0.4 is 0 Å². The second-order valence-electron chi connectivity index (χ2n) is 3.84. The van der Waals surface area contributed by atoms with E-state index < -0.39 is 0 Å². The Morgan fingerprint density at radius 2 is 2.35 bits per heavy atom. The Hall–Kier alpha value is -1.87. The van der Waals surface area contributed by atoms with Crippen molar-refractivity contribution in [3.05, 3.63) is 64.1 Å². The van der Waals surface area contributed by atoms with Crippen molar-refractivity contribution >= 4 is 22.9 Å². The molecule has 0 saturated carbocycles.